The molecule has 2 atom stereocenters. The van der Waals surface area contributed by atoms with Gasteiger partial charge in [-0.15, -0.1) is 0 Å². The van der Waals surface area contributed by atoms with Gasteiger partial charge in [0.15, 0.2) is 0 Å². The number of fused-ring (bicyclic) bond motifs is 3. The molecule has 2 aliphatic rings. The maximum Gasteiger partial charge on any atom is 0.317 e. The zero-order valence-corrected chi connectivity index (χ0v) is 15.0. The summed E-state index contributed by atoms with van der Waals surface area (Å²) in [6, 6.07) is 9.71. The average Bonchev–Trinajstić information content (AvgIpc) is 3.12. The fourth-order valence-corrected chi connectivity index (χ4v) is 4.42. The molecule has 2 aromatic rings. The number of hydrogen-bond acceptors (Lipinski definition) is 2. The van der Waals surface area contributed by atoms with E-state index < -0.39 is 0 Å². The Labute approximate surface area is 149 Å². The lowest BCUT2D eigenvalue weighted by Gasteiger charge is -2.26. The number of rotatable bonds is 4. The molecule has 2 bridgehead atoms. The number of carbonyl (C=O) groups excluding carboxylic acids is 1. The van der Waals surface area contributed by atoms with E-state index in [1.807, 2.05) is 11.0 Å². The Morgan fingerprint density at radius 3 is 3.00 bits per heavy atom. The SMILES string of the molecule is CN1C2CCC1CN(C(=O)NCCCc1c[nH]c3ccccc13)CC2. The Hall–Kier alpha value is -2.01. The molecule has 0 radical (unpaired) electrons. The number of aromatic amines is 1. The molecule has 3 heterocycles. The van der Waals surface area contributed by atoms with Crippen molar-refractivity contribution in [3.8, 4) is 0 Å². The van der Waals surface area contributed by atoms with Gasteiger partial charge in [-0.05, 0) is 50.8 Å². The summed E-state index contributed by atoms with van der Waals surface area (Å²) in [7, 11) is 2.21. The van der Waals surface area contributed by atoms with E-state index >= 15 is 0 Å². The van der Waals surface area contributed by atoms with E-state index in [1.54, 1.807) is 0 Å². The molecule has 0 saturated carbocycles. The summed E-state index contributed by atoms with van der Waals surface area (Å²) in [4.78, 5) is 20.3. The number of amides is 2. The van der Waals surface area contributed by atoms with Crippen LogP contribution < -0.4 is 5.32 Å². The number of aryl methyl sites for hydroxylation is 1. The summed E-state index contributed by atoms with van der Waals surface area (Å²) < 4.78 is 0. The topological polar surface area (TPSA) is 51.4 Å². The molecule has 134 valence electrons. The molecule has 2 fully saturated rings. The van der Waals surface area contributed by atoms with E-state index in [4.69, 9.17) is 0 Å². The van der Waals surface area contributed by atoms with Gasteiger partial charge in [-0.3, -0.25) is 4.90 Å². The molecular formula is C20H28N4O. The zero-order chi connectivity index (χ0) is 17.2. The third-order valence-corrected chi connectivity index (χ3v) is 6.01. The van der Waals surface area contributed by atoms with Crippen LogP contribution in [0.4, 0.5) is 4.79 Å². The third kappa shape index (κ3) is 3.38. The highest BCUT2D eigenvalue weighted by molar-refractivity contribution is 5.83. The molecule has 2 saturated heterocycles. The number of aromatic nitrogens is 1. The van der Waals surface area contributed by atoms with E-state index in [-0.39, 0.29) is 6.03 Å². The van der Waals surface area contributed by atoms with Crippen molar-refractivity contribution in [1.82, 2.24) is 20.1 Å². The first-order chi connectivity index (χ1) is 12.2. The Bertz CT molecular complexity index is 740. The highest BCUT2D eigenvalue weighted by Gasteiger charge is 2.35. The van der Waals surface area contributed by atoms with Crippen molar-refractivity contribution in [3.05, 3.63) is 36.0 Å². The van der Waals surface area contributed by atoms with Crippen LogP contribution >= 0.6 is 0 Å². The van der Waals surface area contributed by atoms with Crippen molar-refractivity contribution in [1.29, 1.82) is 0 Å². The van der Waals surface area contributed by atoms with Gasteiger partial charge in [-0.25, -0.2) is 4.79 Å². The summed E-state index contributed by atoms with van der Waals surface area (Å²) in [5, 5.41) is 4.42. The van der Waals surface area contributed by atoms with Gasteiger partial charge in [0.1, 0.15) is 0 Å². The van der Waals surface area contributed by atoms with Gasteiger partial charge in [0.25, 0.3) is 0 Å². The molecule has 2 unspecified atom stereocenters. The van der Waals surface area contributed by atoms with Crippen molar-refractivity contribution in [2.75, 3.05) is 26.7 Å². The second kappa shape index (κ2) is 7.08. The lowest BCUT2D eigenvalue weighted by Crippen LogP contribution is -2.45. The monoisotopic (exact) mass is 340 g/mol. The molecule has 5 nitrogen and oxygen atoms in total. The minimum atomic E-state index is 0.111. The van der Waals surface area contributed by atoms with Crippen LogP contribution in [-0.4, -0.2) is 59.6 Å². The second-order valence-corrected chi connectivity index (χ2v) is 7.48. The van der Waals surface area contributed by atoms with Crippen LogP contribution in [0.1, 0.15) is 31.2 Å². The van der Waals surface area contributed by atoms with Crippen molar-refractivity contribution in [2.45, 2.75) is 44.2 Å². The number of carbonyl (C=O) groups is 1. The molecule has 2 amide bonds. The number of benzene rings is 1. The summed E-state index contributed by atoms with van der Waals surface area (Å²) in [6.07, 6.45) is 7.67. The Balaban J connectivity index is 1.25. The molecule has 2 N–H and O–H groups in total. The lowest BCUT2D eigenvalue weighted by molar-refractivity contribution is 0.188. The van der Waals surface area contributed by atoms with Gasteiger partial charge < -0.3 is 15.2 Å². The van der Waals surface area contributed by atoms with Crippen LogP contribution in [0.3, 0.4) is 0 Å². The molecule has 25 heavy (non-hydrogen) atoms. The van der Waals surface area contributed by atoms with Crippen molar-refractivity contribution >= 4 is 16.9 Å². The molecule has 0 aliphatic carbocycles. The summed E-state index contributed by atoms with van der Waals surface area (Å²) in [5.74, 6) is 0. The first kappa shape index (κ1) is 16.5. The van der Waals surface area contributed by atoms with Crippen molar-refractivity contribution in [2.24, 2.45) is 0 Å². The summed E-state index contributed by atoms with van der Waals surface area (Å²) >= 11 is 0. The number of likely N-dealkylation sites (tertiary alicyclic amines) is 1. The van der Waals surface area contributed by atoms with Crippen molar-refractivity contribution < 1.29 is 4.79 Å². The molecule has 1 aromatic heterocycles. The smallest absolute Gasteiger partial charge is 0.317 e. The van der Waals surface area contributed by atoms with Gasteiger partial charge in [0.2, 0.25) is 0 Å². The average molecular weight is 340 g/mol. The molecule has 0 spiro atoms. The van der Waals surface area contributed by atoms with Gasteiger partial charge in [0.05, 0.1) is 0 Å². The fourth-order valence-electron chi connectivity index (χ4n) is 4.42. The molecule has 5 heteroatoms. The maximum absolute atomic E-state index is 12.5. The van der Waals surface area contributed by atoms with Crippen LogP contribution in [0.2, 0.25) is 0 Å². The minimum absolute atomic E-state index is 0.111. The number of nitrogens with one attached hydrogen (secondary N) is 2. The van der Waals surface area contributed by atoms with E-state index in [0.717, 1.165) is 38.9 Å². The maximum atomic E-state index is 12.5. The van der Waals surface area contributed by atoms with Gasteiger partial charge in [0, 0.05) is 48.8 Å². The Morgan fingerprint density at radius 2 is 2.08 bits per heavy atom. The fraction of sp³-hybridized carbons (Fsp3) is 0.550. The number of para-hydroxylation sites is 1. The van der Waals surface area contributed by atoms with Crippen molar-refractivity contribution in [3.63, 3.8) is 0 Å². The highest BCUT2D eigenvalue weighted by atomic mass is 16.2. The normalized spacial score (nSPS) is 23.8. The molecule has 2 aliphatic heterocycles. The quantitative estimate of drug-likeness (QED) is 0.841. The van der Waals surface area contributed by atoms with Gasteiger partial charge in [-0.1, -0.05) is 18.2 Å². The van der Waals surface area contributed by atoms with E-state index in [1.165, 1.54) is 29.3 Å². The first-order valence-electron chi connectivity index (χ1n) is 9.52. The molecule has 4 rings (SSSR count). The predicted octanol–water partition coefficient (Wildman–Crippen LogP) is 2.98. The van der Waals surface area contributed by atoms with E-state index in [2.05, 4.69) is 46.6 Å². The second-order valence-electron chi connectivity index (χ2n) is 7.48. The number of H-pyrrole nitrogens is 1. The minimum Gasteiger partial charge on any atom is -0.361 e. The molecular weight excluding hydrogens is 312 g/mol. The van der Waals surface area contributed by atoms with Crippen LogP contribution in [0.5, 0.6) is 0 Å². The standard InChI is InChI=1S/C20H28N4O/c1-23-16-8-9-17(23)14-24(12-10-16)20(25)21-11-4-5-15-13-22-19-7-3-2-6-18(15)19/h2-3,6-7,13,16-17,22H,4-5,8-12,14H2,1H3,(H,21,25). The number of urea groups is 1. The predicted molar refractivity (Wildman–Crippen MR) is 101 cm³/mol. The van der Waals surface area contributed by atoms with Crippen LogP contribution in [0, 0.1) is 0 Å². The summed E-state index contributed by atoms with van der Waals surface area (Å²) in [5.41, 5.74) is 2.52. The highest BCUT2D eigenvalue weighted by Crippen LogP contribution is 2.28. The van der Waals surface area contributed by atoms with Crippen LogP contribution in [-0.2, 0) is 6.42 Å². The van der Waals surface area contributed by atoms with Crippen LogP contribution in [0.15, 0.2) is 30.5 Å². The van der Waals surface area contributed by atoms with E-state index in [9.17, 15) is 4.79 Å². The zero-order valence-electron chi connectivity index (χ0n) is 15.0. The number of likely N-dealkylation sites (N-methyl/N-ethyl adjacent to an activating group) is 1. The summed E-state index contributed by atoms with van der Waals surface area (Å²) in [6.45, 7) is 2.50. The Kier molecular flexibility index (Phi) is 4.66. The first-order valence-corrected chi connectivity index (χ1v) is 9.52. The van der Waals surface area contributed by atoms with E-state index in [0.29, 0.717) is 12.1 Å². The number of nitrogens with zero attached hydrogens (tertiary/aromatic N) is 2. The number of hydrogen-bond donors (Lipinski definition) is 2. The third-order valence-electron chi connectivity index (χ3n) is 6.01. The van der Waals surface area contributed by atoms with Gasteiger partial charge >= 0.3 is 6.03 Å². The van der Waals surface area contributed by atoms with Crippen LogP contribution in [0.25, 0.3) is 10.9 Å². The van der Waals surface area contributed by atoms with Gasteiger partial charge in [-0.2, -0.15) is 0 Å². The Morgan fingerprint density at radius 1 is 1.24 bits per heavy atom. The lowest BCUT2D eigenvalue weighted by atomic mass is 10.1. The molecule has 1 aromatic carbocycles. The largest absolute Gasteiger partial charge is 0.361 e.